The zero-order valence-corrected chi connectivity index (χ0v) is 10.9. The van der Waals surface area contributed by atoms with Gasteiger partial charge in [0, 0.05) is 13.0 Å². The van der Waals surface area contributed by atoms with E-state index in [2.05, 4.69) is 5.32 Å². The minimum Gasteiger partial charge on any atom is -0.480 e. The van der Waals surface area contributed by atoms with Crippen LogP contribution < -0.4 is 5.32 Å². The van der Waals surface area contributed by atoms with Crippen molar-refractivity contribution in [3.8, 4) is 0 Å². The fraction of sp³-hybridized carbons (Fsp3) is 0.385. The Morgan fingerprint density at radius 2 is 1.76 bits per heavy atom. The highest BCUT2D eigenvalue weighted by molar-refractivity contribution is 5.84. The van der Waals surface area contributed by atoms with Crippen molar-refractivity contribution in [2.45, 2.75) is 25.1 Å². The Morgan fingerprint density at radius 3 is 2.19 bits per heavy atom. The van der Waals surface area contributed by atoms with Crippen LogP contribution >= 0.6 is 0 Å². The van der Waals surface area contributed by atoms with Gasteiger partial charge in [-0.05, 0) is 17.7 Å². The van der Waals surface area contributed by atoms with Gasteiger partial charge in [-0.3, -0.25) is 4.79 Å². The lowest BCUT2D eigenvalue weighted by molar-refractivity contribution is -0.142. The Hall–Kier alpha value is -2.09. The number of hydrogen-bond acceptors (Lipinski definition) is 3. The average Bonchev–Trinajstić information content (AvgIpc) is 2.37. The first-order chi connectivity index (χ1) is 9.74. The second-order valence-corrected chi connectivity index (χ2v) is 4.34. The zero-order valence-electron chi connectivity index (χ0n) is 10.9. The van der Waals surface area contributed by atoms with E-state index >= 15 is 0 Å². The summed E-state index contributed by atoms with van der Waals surface area (Å²) in [5, 5.41) is 19.7. The fourth-order valence-electron chi connectivity index (χ4n) is 1.63. The number of carbonyl (C=O) groups is 2. The number of alkyl halides is 3. The van der Waals surface area contributed by atoms with Gasteiger partial charge in [0.2, 0.25) is 5.91 Å². The summed E-state index contributed by atoms with van der Waals surface area (Å²) in [6.07, 6.45) is -4.84. The molecule has 0 heterocycles. The molecule has 3 N–H and O–H groups in total. The summed E-state index contributed by atoms with van der Waals surface area (Å²) in [5.74, 6) is -1.93. The fourth-order valence-corrected chi connectivity index (χ4v) is 1.63. The lowest BCUT2D eigenvalue weighted by atomic mass is 10.1. The molecule has 1 amide bonds. The Morgan fingerprint density at radius 1 is 1.19 bits per heavy atom. The van der Waals surface area contributed by atoms with E-state index in [1.807, 2.05) is 0 Å². The maximum Gasteiger partial charge on any atom is 0.416 e. The van der Waals surface area contributed by atoms with E-state index in [-0.39, 0.29) is 12.8 Å². The third kappa shape index (κ3) is 5.42. The standard InChI is InChI=1S/C13H14F3NO4/c14-13(15,16)9-3-1-8(2-4-9)7-11(19)17-10(5-6-18)12(20)21/h1-4,10,18H,5-7H2,(H,17,19)(H,20,21). The summed E-state index contributed by atoms with van der Waals surface area (Å²) in [7, 11) is 0. The lowest BCUT2D eigenvalue weighted by Gasteiger charge is -2.13. The molecule has 0 radical (unpaired) electrons. The molecule has 0 aromatic heterocycles. The number of aliphatic hydroxyl groups is 1. The van der Waals surface area contributed by atoms with Crippen LogP contribution in [0, 0.1) is 0 Å². The van der Waals surface area contributed by atoms with Crippen molar-refractivity contribution in [2.24, 2.45) is 0 Å². The van der Waals surface area contributed by atoms with Crippen LogP contribution in [0.3, 0.4) is 0 Å². The predicted molar refractivity (Wildman–Crippen MR) is 66.4 cm³/mol. The maximum absolute atomic E-state index is 12.4. The highest BCUT2D eigenvalue weighted by Gasteiger charge is 2.30. The third-order valence-electron chi connectivity index (χ3n) is 2.70. The molecule has 21 heavy (non-hydrogen) atoms. The van der Waals surface area contributed by atoms with Crippen molar-refractivity contribution < 1.29 is 33.0 Å². The minimum absolute atomic E-state index is 0.145. The van der Waals surface area contributed by atoms with Gasteiger partial charge in [0.25, 0.3) is 0 Å². The highest BCUT2D eigenvalue weighted by atomic mass is 19.4. The summed E-state index contributed by atoms with van der Waals surface area (Å²) in [4.78, 5) is 22.4. The van der Waals surface area contributed by atoms with Gasteiger partial charge in [0.1, 0.15) is 6.04 Å². The normalized spacial score (nSPS) is 12.8. The van der Waals surface area contributed by atoms with Gasteiger partial charge in [-0.1, -0.05) is 12.1 Å². The molecule has 0 bridgehead atoms. The van der Waals surface area contributed by atoms with E-state index in [0.717, 1.165) is 24.3 Å². The van der Waals surface area contributed by atoms with Crippen LogP contribution in [0.1, 0.15) is 17.5 Å². The molecule has 1 atom stereocenters. The number of nitrogens with one attached hydrogen (secondary N) is 1. The summed E-state index contributed by atoms with van der Waals surface area (Å²) in [5.41, 5.74) is -0.496. The smallest absolute Gasteiger partial charge is 0.416 e. The van der Waals surface area contributed by atoms with Crippen LogP contribution in [0.25, 0.3) is 0 Å². The van der Waals surface area contributed by atoms with E-state index in [4.69, 9.17) is 10.2 Å². The number of halogens is 3. The van der Waals surface area contributed by atoms with Crippen molar-refractivity contribution >= 4 is 11.9 Å². The average molecular weight is 305 g/mol. The number of aliphatic carboxylic acids is 1. The quantitative estimate of drug-likeness (QED) is 0.737. The Bertz CT molecular complexity index is 499. The van der Waals surface area contributed by atoms with Crippen molar-refractivity contribution in [3.05, 3.63) is 35.4 Å². The lowest BCUT2D eigenvalue weighted by Crippen LogP contribution is -2.42. The molecule has 0 saturated carbocycles. The number of carboxylic acids is 1. The molecule has 1 unspecified atom stereocenters. The number of aliphatic hydroxyl groups excluding tert-OH is 1. The molecule has 0 aliphatic rings. The van der Waals surface area contributed by atoms with Crippen molar-refractivity contribution in [1.29, 1.82) is 0 Å². The van der Waals surface area contributed by atoms with Gasteiger partial charge < -0.3 is 15.5 Å². The van der Waals surface area contributed by atoms with Gasteiger partial charge in [0.05, 0.1) is 12.0 Å². The topological polar surface area (TPSA) is 86.6 Å². The largest absolute Gasteiger partial charge is 0.480 e. The second-order valence-electron chi connectivity index (χ2n) is 4.34. The molecule has 116 valence electrons. The van der Waals surface area contributed by atoms with Crippen LogP contribution in [0.15, 0.2) is 24.3 Å². The number of carboxylic acid groups (broad SMARTS) is 1. The van der Waals surface area contributed by atoms with Crippen molar-refractivity contribution in [1.82, 2.24) is 5.32 Å². The minimum atomic E-state index is -4.45. The Labute approximate surface area is 118 Å². The van der Waals surface area contributed by atoms with Gasteiger partial charge in [-0.15, -0.1) is 0 Å². The van der Waals surface area contributed by atoms with Gasteiger partial charge in [0.15, 0.2) is 0 Å². The van der Waals surface area contributed by atoms with E-state index in [1.165, 1.54) is 0 Å². The molecule has 0 fully saturated rings. The summed E-state index contributed by atoms with van der Waals surface area (Å²) < 4.78 is 37.1. The SMILES string of the molecule is O=C(Cc1ccc(C(F)(F)F)cc1)NC(CCO)C(=O)O. The Kier molecular flexibility index (Phi) is 5.71. The summed E-state index contributed by atoms with van der Waals surface area (Å²) in [6, 6.07) is 2.79. The van der Waals surface area contributed by atoms with Gasteiger partial charge in [-0.2, -0.15) is 13.2 Å². The van der Waals surface area contributed by atoms with Crippen molar-refractivity contribution in [3.63, 3.8) is 0 Å². The van der Waals surface area contributed by atoms with E-state index in [9.17, 15) is 22.8 Å². The molecular weight excluding hydrogens is 291 g/mol. The molecule has 8 heteroatoms. The molecule has 5 nitrogen and oxygen atoms in total. The maximum atomic E-state index is 12.4. The molecule has 0 spiro atoms. The predicted octanol–water partition coefficient (Wildman–Crippen LogP) is 1.20. The van der Waals surface area contributed by atoms with E-state index in [0.29, 0.717) is 5.56 Å². The number of hydrogen-bond donors (Lipinski definition) is 3. The monoisotopic (exact) mass is 305 g/mol. The number of carbonyl (C=O) groups excluding carboxylic acids is 1. The first-order valence-corrected chi connectivity index (χ1v) is 6.03. The van der Waals surface area contributed by atoms with Crippen molar-refractivity contribution in [2.75, 3.05) is 6.61 Å². The first-order valence-electron chi connectivity index (χ1n) is 6.03. The zero-order chi connectivity index (χ0) is 16.0. The molecule has 1 aromatic rings. The molecule has 1 rings (SSSR count). The third-order valence-corrected chi connectivity index (χ3v) is 2.70. The number of benzene rings is 1. The van der Waals surface area contributed by atoms with Crippen LogP contribution in [-0.4, -0.2) is 34.7 Å². The van der Waals surface area contributed by atoms with Crippen LogP contribution in [0.2, 0.25) is 0 Å². The van der Waals surface area contributed by atoms with E-state index < -0.39 is 36.3 Å². The number of rotatable bonds is 6. The number of amides is 1. The van der Waals surface area contributed by atoms with Crippen LogP contribution in [0.4, 0.5) is 13.2 Å². The molecule has 0 aliphatic heterocycles. The Balaban J connectivity index is 2.64. The molecule has 0 saturated heterocycles. The summed E-state index contributed by atoms with van der Waals surface area (Å²) >= 11 is 0. The first kappa shape index (κ1) is 17.0. The van der Waals surface area contributed by atoms with Gasteiger partial charge >= 0.3 is 12.1 Å². The summed E-state index contributed by atoms with van der Waals surface area (Å²) in [6.45, 7) is -0.405. The van der Waals surface area contributed by atoms with Crippen LogP contribution in [-0.2, 0) is 22.2 Å². The highest BCUT2D eigenvalue weighted by Crippen LogP contribution is 2.29. The van der Waals surface area contributed by atoms with E-state index in [1.54, 1.807) is 0 Å². The van der Waals surface area contributed by atoms with Gasteiger partial charge in [-0.25, -0.2) is 4.79 Å². The molecule has 0 aliphatic carbocycles. The molecular formula is C13H14F3NO4. The van der Waals surface area contributed by atoms with Crippen LogP contribution in [0.5, 0.6) is 0 Å². The second kappa shape index (κ2) is 7.07. The molecule has 1 aromatic carbocycles.